The number of ether oxygens (including phenoxy) is 1. The van der Waals surface area contributed by atoms with E-state index in [0.29, 0.717) is 13.1 Å². The first-order valence-electron chi connectivity index (χ1n) is 7.51. The highest BCUT2D eigenvalue weighted by Gasteiger charge is 2.25. The SMILES string of the molecule is CC1CN(C(=O)NCCCSc2ccccc2)CC(C)O1. The van der Waals surface area contributed by atoms with E-state index in [9.17, 15) is 4.79 Å². The van der Waals surface area contributed by atoms with Crippen LogP contribution < -0.4 is 5.32 Å². The minimum Gasteiger partial charge on any atom is -0.372 e. The van der Waals surface area contributed by atoms with Gasteiger partial charge in [0.2, 0.25) is 0 Å². The molecule has 2 rings (SSSR count). The third kappa shape index (κ3) is 5.59. The summed E-state index contributed by atoms with van der Waals surface area (Å²) < 4.78 is 5.63. The standard InChI is InChI=1S/C16H24N2O2S/c1-13-11-18(12-14(2)20-13)16(19)17-9-6-10-21-15-7-4-3-5-8-15/h3-5,7-8,13-14H,6,9-12H2,1-2H3,(H,17,19). The van der Waals surface area contributed by atoms with Crippen molar-refractivity contribution in [3.63, 3.8) is 0 Å². The van der Waals surface area contributed by atoms with Gasteiger partial charge in [-0.25, -0.2) is 4.79 Å². The van der Waals surface area contributed by atoms with E-state index < -0.39 is 0 Å². The van der Waals surface area contributed by atoms with Crippen LogP contribution in [0.3, 0.4) is 0 Å². The summed E-state index contributed by atoms with van der Waals surface area (Å²) in [6.07, 6.45) is 1.21. The Balaban J connectivity index is 1.61. The third-order valence-electron chi connectivity index (χ3n) is 3.32. The molecule has 1 saturated heterocycles. The number of morpholine rings is 1. The molecule has 1 aliphatic heterocycles. The Morgan fingerprint density at radius 2 is 1.95 bits per heavy atom. The Hall–Kier alpha value is -1.20. The molecule has 2 unspecified atom stereocenters. The Bertz CT molecular complexity index is 431. The number of nitrogens with one attached hydrogen (secondary N) is 1. The normalized spacial score (nSPS) is 22.1. The summed E-state index contributed by atoms with van der Waals surface area (Å²) in [4.78, 5) is 15.2. The molecular weight excluding hydrogens is 284 g/mol. The van der Waals surface area contributed by atoms with Crippen LogP contribution in [0.2, 0.25) is 0 Å². The van der Waals surface area contributed by atoms with Crippen molar-refractivity contribution in [3.8, 4) is 0 Å². The van der Waals surface area contributed by atoms with E-state index in [1.165, 1.54) is 4.90 Å². The van der Waals surface area contributed by atoms with E-state index in [0.717, 1.165) is 18.7 Å². The zero-order chi connectivity index (χ0) is 15.1. The summed E-state index contributed by atoms with van der Waals surface area (Å²) >= 11 is 1.82. The molecule has 116 valence electrons. The number of benzene rings is 1. The first-order chi connectivity index (χ1) is 10.1. The zero-order valence-electron chi connectivity index (χ0n) is 12.7. The summed E-state index contributed by atoms with van der Waals surface area (Å²) in [6, 6.07) is 10.4. The summed E-state index contributed by atoms with van der Waals surface area (Å²) in [5.41, 5.74) is 0. The van der Waals surface area contributed by atoms with Crippen molar-refractivity contribution in [2.24, 2.45) is 0 Å². The molecular formula is C16H24N2O2S. The molecule has 4 nitrogen and oxygen atoms in total. The van der Waals surface area contributed by atoms with E-state index in [1.54, 1.807) is 0 Å². The van der Waals surface area contributed by atoms with Gasteiger partial charge in [0.05, 0.1) is 12.2 Å². The summed E-state index contributed by atoms with van der Waals surface area (Å²) in [5.74, 6) is 1.01. The van der Waals surface area contributed by atoms with Crippen LogP contribution in [0.4, 0.5) is 4.79 Å². The van der Waals surface area contributed by atoms with Crippen LogP contribution >= 0.6 is 11.8 Å². The Labute approximate surface area is 131 Å². The van der Waals surface area contributed by atoms with Crippen molar-refractivity contribution < 1.29 is 9.53 Å². The van der Waals surface area contributed by atoms with Crippen molar-refractivity contribution in [2.75, 3.05) is 25.4 Å². The monoisotopic (exact) mass is 308 g/mol. The lowest BCUT2D eigenvalue weighted by molar-refractivity contribution is -0.0544. The Morgan fingerprint density at radius 3 is 2.62 bits per heavy atom. The van der Waals surface area contributed by atoms with Gasteiger partial charge in [0.15, 0.2) is 0 Å². The van der Waals surface area contributed by atoms with Crippen molar-refractivity contribution in [2.45, 2.75) is 37.4 Å². The maximum absolute atomic E-state index is 12.1. The van der Waals surface area contributed by atoms with E-state index in [2.05, 4.69) is 17.4 Å². The van der Waals surface area contributed by atoms with Gasteiger partial charge in [-0.3, -0.25) is 0 Å². The molecule has 0 saturated carbocycles. The van der Waals surface area contributed by atoms with Gasteiger partial charge in [-0.1, -0.05) is 18.2 Å². The molecule has 1 aromatic rings. The smallest absolute Gasteiger partial charge is 0.317 e. The predicted octanol–water partition coefficient (Wildman–Crippen LogP) is 2.99. The van der Waals surface area contributed by atoms with Crippen LogP contribution in [-0.4, -0.2) is 48.5 Å². The van der Waals surface area contributed by atoms with Crippen molar-refractivity contribution in [1.29, 1.82) is 0 Å². The number of urea groups is 1. The number of hydrogen-bond donors (Lipinski definition) is 1. The molecule has 0 radical (unpaired) electrons. The number of carbonyl (C=O) groups is 1. The number of thioether (sulfide) groups is 1. The number of rotatable bonds is 5. The molecule has 1 heterocycles. The quantitative estimate of drug-likeness (QED) is 0.671. The van der Waals surface area contributed by atoms with Crippen molar-refractivity contribution in [1.82, 2.24) is 10.2 Å². The van der Waals surface area contributed by atoms with Gasteiger partial charge in [0.1, 0.15) is 0 Å². The average molecular weight is 308 g/mol. The molecule has 1 fully saturated rings. The van der Waals surface area contributed by atoms with Gasteiger partial charge in [-0.2, -0.15) is 0 Å². The fourth-order valence-corrected chi connectivity index (χ4v) is 3.30. The fourth-order valence-electron chi connectivity index (χ4n) is 2.43. The van der Waals surface area contributed by atoms with Crippen LogP contribution in [0.5, 0.6) is 0 Å². The molecule has 2 amide bonds. The number of hydrogen-bond acceptors (Lipinski definition) is 3. The zero-order valence-corrected chi connectivity index (χ0v) is 13.6. The molecule has 2 atom stereocenters. The molecule has 0 aliphatic carbocycles. The van der Waals surface area contributed by atoms with Gasteiger partial charge in [-0.15, -0.1) is 11.8 Å². The van der Waals surface area contributed by atoms with Crippen LogP contribution in [0.25, 0.3) is 0 Å². The molecule has 5 heteroatoms. The van der Waals surface area contributed by atoms with Gasteiger partial charge in [-0.05, 0) is 38.2 Å². The number of amides is 2. The molecule has 0 aromatic heterocycles. The van der Waals surface area contributed by atoms with Crippen molar-refractivity contribution in [3.05, 3.63) is 30.3 Å². The average Bonchev–Trinajstić information content (AvgIpc) is 2.47. The lowest BCUT2D eigenvalue weighted by Gasteiger charge is -2.35. The molecule has 21 heavy (non-hydrogen) atoms. The van der Waals surface area contributed by atoms with Gasteiger partial charge >= 0.3 is 6.03 Å². The van der Waals surface area contributed by atoms with Crippen LogP contribution in [0.1, 0.15) is 20.3 Å². The van der Waals surface area contributed by atoms with Crippen LogP contribution in [0, 0.1) is 0 Å². The second-order valence-electron chi connectivity index (χ2n) is 5.41. The largest absolute Gasteiger partial charge is 0.372 e. The van der Waals surface area contributed by atoms with E-state index in [4.69, 9.17) is 4.74 Å². The highest BCUT2D eigenvalue weighted by molar-refractivity contribution is 7.99. The molecule has 1 aliphatic rings. The first kappa shape index (κ1) is 16.2. The lowest BCUT2D eigenvalue weighted by Crippen LogP contribution is -2.51. The highest BCUT2D eigenvalue weighted by Crippen LogP contribution is 2.17. The third-order valence-corrected chi connectivity index (χ3v) is 4.41. The summed E-state index contributed by atoms with van der Waals surface area (Å²) in [5, 5.41) is 3.00. The maximum atomic E-state index is 12.1. The second-order valence-corrected chi connectivity index (χ2v) is 6.58. The summed E-state index contributed by atoms with van der Waals surface area (Å²) in [7, 11) is 0. The minimum absolute atomic E-state index is 0.0294. The Morgan fingerprint density at radius 1 is 1.29 bits per heavy atom. The van der Waals surface area contributed by atoms with Gasteiger partial charge < -0.3 is 15.0 Å². The van der Waals surface area contributed by atoms with Crippen LogP contribution in [-0.2, 0) is 4.74 Å². The molecule has 1 N–H and O–H groups in total. The van der Waals surface area contributed by atoms with E-state index in [-0.39, 0.29) is 18.2 Å². The van der Waals surface area contributed by atoms with E-state index in [1.807, 2.05) is 48.7 Å². The first-order valence-corrected chi connectivity index (χ1v) is 8.50. The van der Waals surface area contributed by atoms with Gasteiger partial charge in [0, 0.05) is 24.5 Å². The maximum Gasteiger partial charge on any atom is 0.317 e. The number of carbonyl (C=O) groups excluding carboxylic acids is 1. The second kappa shape index (κ2) is 8.29. The van der Waals surface area contributed by atoms with Crippen LogP contribution in [0.15, 0.2) is 35.2 Å². The highest BCUT2D eigenvalue weighted by atomic mass is 32.2. The molecule has 0 bridgehead atoms. The Kier molecular flexibility index (Phi) is 6.39. The topological polar surface area (TPSA) is 41.6 Å². The summed E-state index contributed by atoms with van der Waals surface area (Å²) in [6.45, 7) is 6.08. The van der Waals surface area contributed by atoms with Crippen molar-refractivity contribution >= 4 is 17.8 Å². The van der Waals surface area contributed by atoms with E-state index >= 15 is 0 Å². The minimum atomic E-state index is 0.0294. The molecule has 0 spiro atoms. The fraction of sp³-hybridized carbons (Fsp3) is 0.562. The predicted molar refractivity (Wildman–Crippen MR) is 86.8 cm³/mol. The van der Waals surface area contributed by atoms with Gasteiger partial charge in [0.25, 0.3) is 0 Å². The molecule has 1 aromatic carbocycles. The number of nitrogens with zero attached hydrogens (tertiary/aromatic N) is 1. The lowest BCUT2D eigenvalue weighted by atomic mass is 10.2.